The van der Waals surface area contributed by atoms with Crippen LogP contribution in [0.25, 0.3) is 11.1 Å². The van der Waals surface area contributed by atoms with Gasteiger partial charge in [0.1, 0.15) is 0 Å². The molecular weight excluding hydrogens is 222 g/mol. The highest BCUT2D eigenvalue weighted by molar-refractivity contribution is 5.62. The van der Waals surface area contributed by atoms with Gasteiger partial charge in [-0.1, -0.05) is 29.8 Å². The minimum atomic E-state index is 0.529. The average molecular weight is 240 g/mol. The molecule has 0 amide bonds. The van der Waals surface area contributed by atoms with E-state index in [4.69, 9.17) is 0 Å². The number of rotatable bonds is 2. The second-order valence-electron chi connectivity index (χ2n) is 4.98. The zero-order valence-corrected chi connectivity index (χ0v) is 10.7. The Morgan fingerprint density at radius 2 is 2.00 bits per heavy atom. The second-order valence-corrected chi connectivity index (χ2v) is 4.98. The monoisotopic (exact) mass is 240 g/mol. The van der Waals surface area contributed by atoms with Gasteiger partial charge in [0.05, 0.1) is 12.2 Å². The van der Waals surface area contributed by atoms with Crippen molar-refractivity contribution in [1.82, 2.24) is 15.1 Å². The molecule has 2 heterocycles. The average Bonchev–Trinajstić information content (AvgIpc) is 2.89. The van der Waals surface area contributed by atoms with E-state index in [9.17, 15) is 0 Å². The lowest BCUT2D eigenvalue weighted by Gasteiger charge is -2.21. The summed E-state index contributed by atoms with van der Waals surface area (Å²) in [4.78, 5) is 0. The van der Waals surface area contributed by atoms with Gasteiger partial charge in [0.2, 0.25) is 0 Å². The summed E-state index contributed by atoms with van der Waals surface area (Å²) in [5.74, 6) is 0. The second kappa shape index (κ2) is 4.94. The van der Waals surface area contributed by atoms with Gasteiger partial charge in [0.15, 0.2) is 0 Å². The van der Waals surface area contributed by atoms with Gasteiger partial charge in [-0.3, -0.25) is 4.68 Å². The summed E-state index contributed by atoms with van der Waals surface area (Å²) in [7, 11) is 0. The molecule has 1 aromatic carbocycles. The predicted molar refractivity (Wildman–Crippen MR) is 72.5 cm³/mol. The molecule has 0 aliphatic carbocycles. The van der Waals surface area contributed by atoms with Crippen molar-refractivity contribution in [3.8, 4) is 11.1 Å². The van der Waals surface area contributed by atoms with Crippen LogP contribution in [0.15, 0.2) is 36.7 Å². The third-order valence-corrected chi connectivity index (χ3v) is 3.57. The van der Waals surface area contributed by atoms with Crippen LogP contribution in [0.4, 0.5) is 0 Å². The van der Waals surface area contributed by atoms with E-state index in [0.717, 1.165) is 25.9 Å². The van der Waals surface area contributed by atoms with E-state index in [-0.39, 0.29) is 0 Å². The lowest BCUT2D eigenvalue weighted by atomic mass is 10.1. The number of hydrogen-bond donors (Lipinski definition) is 0. The Morgan fingerprint density at radius 3 is 2.78 bits per heavy atom. The Bertz CT molecular complexity index is 524. The van der Waals surface area contributed by atoms with Crippen molar-refractivity contribution < 1.29 is 0 Å². The maximum Gasteiger partial charge on any atom is 0.0568 e. The highest BCUT2D eigenvalue weighted by Gasteiger charge is 2.16. The minimum absolute atomic E-state index is 0.529. The molecule has 3 nitrogen and oxygen atoms in total. The summed E-state index contributed by atoms with van der Waals surface area (Å²) >= 11 is 0. The highest BCUT2D eigenvalue weighted by Crippen LogP contribution is 2.24. The quantitative estimate of drug-likeness (QED) is 0.794. The first-order valence-electron chi connectivity index (χ1n) is 6.57. The molecule has 18 heavy (non-hydrogen) atoms. The van der Waals surface area contributed by atoms with Crippen LogP contribution < -0.4 is 5.32 Å². The molecule has 0 N–H and O–H groups in total. The van der Waals surface area contributed by atoms with Gasteiger partial charge in [-0.25, -0.2) is 5.32 Å². The van der Waals surface area contributed by atoms with E-state index in [2.05, 4.69) is 52.5 Å². The van der Waals surface area contributed by atoms with Crippen molar-refractivity contribution in [3.63, 3.8) is 0 Å². The van der Waals surface area contributed by atoms with E-state index < -0.39 is 0 Å². The molecule has 0 unspecified atom stereocenters. The largest absolute Gasteiger partial charge is 0.269 e. The van der Waals surface area contributed by atoms with Gasteiger partial charge in [0.25, 0.3) is 0 Å². The maximum atomic E-state index is 4.52. The summed E-state index contributed by atoms with van der Waals surface area (Å²) in [6.45, 7) is 4.07. The first-order valence-corrected chi connectivity index (χ1v) is 6.57. The van der Waals surface area contributed by atoms with Crippen LogP contribution >= 0.6 is 0 Å². The van der Waals surface area contributed by atoms with E-state index in [1.807, 2.05) is 6.20 Å². The molecule has 1 aromatic heterocycles. The Balaban J connectivity index is 1.84. The number of aryl methyl sites for hydroxylation is 1. The number of benzene rings is 1. The fourth-order valence-corrected chi connectivity index (χ4v) is 2.51. The zero-order valence-electron chi connectivity index (χ0n) is 10.7. The van der Waals surface area contributed by atoms with E-state index in [1.165, 1.54) is 16.7 Å². The summed E-state index contributed by atoms with van der Waals surface area (Å²) < 4.78 is 2.12. The van der Waals surface area contributed by atoms with Crippen molar-refractivity contribution in [2.45, 2.75) is 25.8 Å². The molecule has 1 fully saturated rings. The molecule has 0 spiro atoms. The predicted octanol–water partition coefficient (Wildman–Crippen LogP) is 2.80. The van der Waals surface area contributed by atoms with E-state index in [1.54, 1.807) is 0 Å². The van der Waals surface area contributed by atoms with Gasteiger partial charge in [-0.2, -0.15) is 5.10 Å². The van der Waals surface area contributed by atoms with Crippen LogP contribution in [0.1, 0.15) is 24.4 Å². The molecule has 2 aromatic rings. The normalized spacial score (nSPS) is 16.9. The van der Waals surface area contributed by atoms with Gasteiger partial charge in [-0.15, -0.1) is 0 Å². The molecule has 1 aliphatic rings. The zero-order chi connectivity index (χ0) is 12.4. The van der Waals surface area contributed by atoms with Crippen LogP contribution in [0.5, 0.6) is 0 Å². The molecule has 3 heteroatoms. The van der Waals surface area contributed by atoms with Crippen LogP contribution in [0, 0.1) is 6.92 Å². The topological polar surface area (TPSA) is 31.9 Å². The number of piperidine rings is 1. The fourth-order valence-electron chi connectivity index (χ4n) is 2.51. The Morgan fingerprint density at radius 1 is 1.17 bits per heavy atom. The highest BCUT2D eigenvalue weighted by atomic mass is 15.3. The van der Waals surface area contributed by atoms with Crippen molar-refractivity contribution in [1.29, 1.82) is 0 Å². The summed E-state index contributed by atoms with van der Waals surface area (Å²) in [5, 5.41) is 8.91. The summed E-state index contributed by atoms with van der Waals surface area (Å²) in [6.07, 6.45) is 6.38. The molecule has 0 atom stereocenters. The van der Waals surface area contributed by atoms with Crippen LogP contribution in [-0.2, 0) is 0 Å². The summed E-state index contributed by atoms with van der Waals surface area (Å²) in [6, 6.07) is 9.10. The number of nitrogens with zero attached hydrogens (tertiary/aromatic N) is 3. The molecule has 0 bridgehead atoms. The van der Waals surface area contributed by atoms with Gasteiger partial charge >= 0.3 is 0 Å². The molecule has 1 aliphatic heterocycles. The standard InChI is InChI=1S/C15H18N3/c1-12-3-2-4-13(9-12)14-10-17-18(11-14)15-5-7-16-8-6-15/h2-4,9-11,15H,5-8H2,1H3. The van der Waals surface area contributed by atoms with Crippen molar-refractivity contribution in [3.05, 3.63) is 42.2 Å². The number of hydrogen-bond acceptors (Lipinski definition) is 1. The van der Waals surface area contributed by atoms with Gasteiger partial charge < -0.3 is 0 Å². The molecule has 93 valence electrons. The maximum absolute atomic E-state index is 4.52. The third kappa shape index (κ3) is 2.31. The van der Waals surface area contributed by atoms with E-state index in [0.29, 0.717) is 6.04 Å². The first-order chi connectivity index (χ1) is 8.83. The van der Waals surface area contributed by atoms with Crippen LogP contribution in [-0.4, -0.2) is 22.9 Å². The molecular formula is C15H18N3. The molecule has 1 saturated heterocycles. The SMILES string of the molecule is Cc1cccc(-c2cnn(C3CC[N]CC3)c2)c1. The van der Waals surface area contributed by atoms with Crippen molar-refractivity contribution in [2.75, 3.05) is 13.1 Å². The fraction of sp³-hybridized carbons (Fsp3) is 0.400. The Hall–Kier alpha value is -1.61. The van der Waals surface area contributed by atoms with E-state index >= 15 is 0 Å². The van der Waals surface area contributed by atoms with Gasteiger partial charge in [-0.05, 0) is 25.3 Å². The minimum Gasteiger partial charge on any atom is -0.269 e. The third-order valence-electron chi connectivity index (χ3n) is 3.57. The lowest BCUT2D eigenvalue weighted by Crippen LogP contribution is -2.24. The van der Waals surface area contributed by atoms with Crippen LogP contribution in [0.2, 0.25) is 0 Å². The Labute approximate surface area is 108 Å². The first kappa shape index (κ1) is 11.5. The number of aromatic nitrogens is 2. The Kier molecular flexibility index (Phi) is 3.15. The smallest absolute Gasteiger partial charge is 0.0568 e. The van der Waals surface area contributed by atoms with Crippen molar-refractivity contribution >= 4 is 0 Å². The molecule has 1 radical (unpaired) electrons. The van der Waals surface area contributed by atoms with Crippen molar-refractivity contribution in [2.24, 2.45) is 0 Å². The van der Waals surface area contributed by atoms with Crippen LogP contribution in [0.3, 0.4) is 0 Å². The molecule has 0 saturated carbocycles. The van der Waals surface area contributed by atoms with Gasteiger partial charge in [0, 0.05) is 24.8 Å². The summed E-state index contributed by atoms with van der Waals surface area (Å²) in [5.41, 5.74) is 3.75. The molecule has 3 rings (SSSR count). The lowest BCUT2D eigenvalue weighted by molar-refractivity contribution is 0.339.